The van der Waals surface area contributed by atoms with E-state index in [1.54, 1.807) is 13.3 Å². The molecule has 2 heterocycles. The van der Waals surface area contributed by atoms with E-state index >= 15 is 0 Å². The van der Waals surface area contributed by atoms with Gasteiger partial charge in [0.2, 0.25) is 5.88 Å². The second kappa shape index (κ2) is 6.55. The molecule has 0 radical (unpaired) electrons. The minimum Gasteiger partial charge on any atom is -0.481 e. The fourth-order valence-corrected chi connectivity index (χ4v) is 2.80. The first-order valence-electron chi connectivity index (χ1n) is 7.82. The van der Waals surface area contributed by atoms with E-state index < -0.39 is 5.60 Å². The summed E-state index contributed by atoms with van der Waals surface area (Å²) >= 11 is 0. The summed E-state index contributed by atoms with van der Waals surface area (Å²) in [5.74, 6) is 0.628. The van der Waals surface area contributed by atoms with Gasteiger partial charge in [-0.3, -0.25) is 0 Å². The van der Waals surface area contributed by atoms with Crippen LogP contribution in [0.3, 0.4) is 0 Å². The number of aryl methyl sites for hydroxylation is 1. The van der Waals surface area contributed by atoms with Crippen molar-refractivity contribution >= 4 is 6.09 Å². The van der Waals surface area contributed by atoms with Crippen molar-refractivity contribution in [3.05, 3.63) is 23.4 Å². The van der Waals surface area contributed by atoms with Crippen LogP contribution in [0.1, 0.15) is 57.2 Å². The molecular weight excluding hydrogens is 280 g/mol. The van der Waals surface area contributed by atoms with Gasteiger partial charge < -0.3 is 14.4 Å². The Bertz CT molecular complexity index is 537. The Balaban J connectivity index is 2.22. The lowest BCUT2D eigenvalue weighted by Crippen LogP contribution is -2.41. The van der Waals surface area contributed by atoms with Gasteiger partial charge in [0.25, 0.3) is 0 Å². The number of piperidine rings is 1. The topological polar surface area (TPSA) is 51.7 Å². The Morgan fingerprint density at radius 2 is 2.09 bits per heavy atom. The van der Waals surface area contributed by atoms with E-state index in [0.717, 1.165) is 36.9 Å². The summed E-state index contributed by atoms with van der Waals surface area (Å²) in [6, 6.07) is 2.08. The van der Waals surface area contributed by atoms with Crippen LogP contribution in [0.25, 0.3) is 0 Å². The maximum Gasteiger partial charge on any atom is 0.410 e. The largest absolute Gasteiger partial charge is 0.481 e. The number of carbonyl (C=O) groups is 1. The van der Waals surface area contributed by atoms with Gasteiger partial charge in [-0.05, 0) is 58.6 Å². The molecule has 1 aliphatic heterocycles. The highest BCUT2D eigenvalue weighted by Crippen LogP contribution is 2.33. The Morgan fingerprint density at radius 3 is 2.68 bits per heavy atom. The standard InChI is InChI=1S/C17H26N2O3/c1-12-10-13(11-18-15(12)21-5)14-8-6-7-9-19(14)16(20)22-17(2,3)4/h10-11,14H,6-9H2,1-5H3. The fourth-order valence-electron chi connectivity index (χ4n) is 2.80. The molecule has 0 aromatic carbocycles. The molecule has 0 bridgehead atoms. The summed E-state index contributed by atoms with van der Waals surface area (Å²) in [6.07, 6.45) is 4.62. The average Bonchev–Trinajstić information content (AvgIpc) is 2.45. The van der Waals surface area contributed by atoms with Gasteiger partial charge in [-0.1, -0.05) is 0 Å². The molecule has 1 amide bonds. The highest BCUT2D eigenvalue weighted by atomic mass is 16.6. The van der Waals surface area contributed by atoms with E-state index in [1.165, 1.54) is 0 Å². The number of aromatic nitrogens is 1. The first kappa shape index (κ1) is 16.6. The van der Waals surface area contributed by atoms with E-state index in [2.05, 4.69) is 11.1 Å². The van der Waals surface area contributed by atoms with E-state index in [0.29, 0.717) is 5.88 Å². The van der Waals surface area contributed by atoms with Crippen LogP contribution in [0, 0.1) is 6.92 Å². The fraction of sp³-hybridized carbons (Fsp3) is 0.647. The first-order chi connectivity index (χ1) is 10.3. The lowest BCUT2D eigenvalue weighted by atomic mass is 9.96. The lowest BCUT2D eigenvalue weighted by Gasteiger charge is -2.37. The Morgan fingerprint density at radius 1 is 1.36 bits per heavy atom. The van der Waals surface area contributed by atoms with Crippen LogP contribution >= 0.6 is 0 Å². The van der Waals surface area contributed by atoms with Crippen LogP contribution in [-0.2, 0) is 4.74 Å². The highest BCUT2D eigenvalue weighted by Gasteiger charge is 2.31. The molecule has 0 aliphatic carbocycles. The van der Waals surface area contributed by atoms with Crippen LogP contribution in [0.15, 0.2) is 12.3 Å². The second-order valence-electron chi connectivity index (χ2n) is 6.78. The second-order valence-corrected chi connectivity index (χ2v) is 6.78. The van der Waals surface area contributed by atoms with Gasteiger partial charge in [-0.2, -0.15) is 0 Å². The van der Waals surface area contributed by atoms with Crippen LogP contribution in [0.4, 0.5) is 4.79 Å². The monoisotopic (exact) mass is 306 g/mol. The number of ether oxygens (including phenoxy) is 2. The SMILES string of the molecule is COc1ncc(C2CCCCN2C(=O)OC(C)(C)C)cc1C. The summed E-state index contributed by atoms with van der Waals surface area (Å²) in [6.45, 7) is 8.37. The summed E-state index contributed by atoms with van der Waals surface area (Å²) in [7, 11) is 1.61. The van der Waals surface area contributed by atoms with E-state index in [9.17, 15) is 4.79 Å². The molecule has 2 rings (SSSR count). The van der Waals surface area contributed by atoms with E-state index in [-0.39, 0.29) is 12.1 Å². The van der Waals surface area contributed by atoms with E-state index in [1.807, 2.05) is 32.6 Å². The van der Waals surface area contributed by atoms with Gasteiger partial charge in [0.05, 0.1) is 13.2 Å². The van der Waals surface area contributed by atoms with Crippen molar-refractivity contribution in [1.82, 2.24) is 9.88 Å². The lowest BCUT2D eigenvalue weighted by molar-refractivity contribution is 0.00947. The molecule has 1 aromatic rings. The van der Waals surface area contributed by atoms with Crippen molar-refractivity contribution in [1.29, 1.82) is 0 Å². The number of rotatable bonds is 2. The molecule has 0 saturated carbocycles. The quantitative estimate of drug-likeness (QED) is 0.832. The number of carbonyl (C=O) groups excluding carboxylic acids is 1. The number of hydrogen-bond donors (Lipinski definition) is 0. The average molecular weight is 306 g/mol. The van der Waals surface area contributed by atoms with Crippen molar-refractivity contribution in [2.24, 2.45) is 0 Å². The number of amides is 1. The Hall–Kier alpha value is -1.78. The number of nitrogens with zero attached hydrogens (tertiary/aromatic N) is 2. The minimum absolute atomic E-state index is 0.0284. The first-order valence-corrected chi connectivity index (χ1v) is 7.82. The molecule has 122 valence electrons. The summed E-state index contributed by atoms with van der Waals surface area (Å²) in [5, 5.41) is 0. The molecule has 5 nitrogen and oxygen atoms in total. The summed E-state index contributed by atoms with van der Waals surface area (Å²) < 4.78 is 10.8. The third-order valence-corrected chi connectivity index (χ3v) is 3.76. The Labute approximate surface area is 132 Å². The predicted octanol–water partition coefficient (Wildman–Crippen LogP) is 3.86. The number of methoxy groups -OCH3 is 1. The van der Waals surface area contributed by atoms with Crippen molar-refractivity contribution in [3.8, 4) is 5.88 Å². The number of likely N-dealkylation sites (tertiary alicyclic amines) is 1. The third kappa shape index (κ3) is 3.90. The normalized spacial score (nSPS) is 19.0. The van der Waals surface area contributed by atoms with Crippen LogP contribution in [-0.4, -0.2) is 35.2 Å². The van der Waals surface area contributed by atoms with Gasteiger partial charge in [-0.15, -0.1) is 0 Å². The van der Waals surface area contributed by atoms with Gasteiger partial charge in [0.1, 0.15) is 5.60 Å². The van der Waals surface area contributed by atoms with Gasteiger partial charge in [0.15, 0.2) is 0 Å². The maximum absolute atomic E-state index is 12.5. The molecule has 22 heavy (non-hydrogen) atoms. The van der Waals surface area contributed by atoms with E-state index in [4.69, 9.17) is 9.47 Å². The molecule has 1 unspecified atom stereocenters. The van der Waals surface area contributed by atoms with Crippen molar-refractivity contribution in [2.75, 3.05) is 13.7 Å². The van der Waals surface area contributed by atoms with Gasteiger partial charge in [0, 0.05) is 18.3 Å². The predicted molar refractivity (Wildman–Crippen MR) is 85.1 cm³/mol. The molecule has 5 heteroatoms. The molecule has 0 spiro atoms. The Kier molecular flexibility index (Phi) is 4.94. The zero-order chi connectivity index (χ0) is 16.3. The van der Waals surface area contributed by atoms with Crippen molar-refractivity contribution in [2.45, 2.75) is 58.6 Å². The number of pyridine rings is 1. The minimum atomic E-state index is -0.479. The van der Waals surface area contributed by atoms with Gasteiger partial charge in [-0.25, -0.2) is 9.78 Å². The van der Waals surface area contributed by atoms with Crippen LogP contribution < -0.4 is 4.74 Å². The van der Waals surface area contributed by atoms with Crippen molar-refractivity contribution in [3.63, 3.8) is 0 Å². The van der Waals surface area contributed by atoms with Gasteiger partial charge >= 0.3 is 6.09 Å². The molecule has 1 saturated heterocycles. The maximum atomic E-state index is 12.5. The van der Waals surface area contributed by atoms with Crippen LogP contribution in [0.5, 0.6) is 5.88 Å². The van der Waals surface area contributed by atoms with Crippen molar-refractivity contribution < 1.29 is 14.3 Å². The number of hydrogen-bond acceptors (Lipinski definition) is 4. The third-order valence-electron chi connectivity index (χ3n) is 3.76. The molecule has 1 atom stereocenters. The zero-order valence-electron chi connectivity index (χ0n) is 14.2. The van der Waals surface area contributed by atoms with Crippen LogP contribution in [0.2, 0.25) is 0 Å². The smallest absolute Gasteiger partial charge is 0.410 e. The molecule has 0 N–H and O–H groups in total. The molecule has 1 aliphatic rings. The highest BCUT2D eigenvalue weighted by molar-refractivity contribution is 5.69. The molecule has 1 fully saturated rings. The molecule has 1 aromatic heterocycles. The molecular formula is C17H26N2O3. The summed E-state index contributed by atoms with van der Waals surface area (Å²) in [5.41, 5.74) is 1.55. The summed E-state index contributed by atoms with van der Waals surface area (Å²) in [4.78, 5) is 18.6. The zero-order valence-corrected chi connectivity index (χ0v) is 14.2.